The number of nitrogens with one attached hydrogen (secondary N) is 2. The van der Waals surface area contributed by atoms with Crippen molar-refractivity contribution in [1.29, 1.82) is 0 Å². The number of carboxylic acids is 1. The molecule has 0 spiro atoms. The average molecular weight is 393 g/mol. The first-order chi connectivity index (χ1) is 14.0. The van der Waals surface area contributed by atoms with Crippen molar-refractivity contribution in [1.82, 2.24) is 15.6 Å². The number of carbonyl (C=O) groups excluding carboxylic acids is 2. The average Bonchev–Trinajstić information content (AvgIpc) is 3.23. The molecule has 148 valence electrons. The fourth-order valence-electron chi connectivity index (χ4n) is 2.60. The van der Waals surface area contributed by atoms with Crippen molar-refractivity contribution < 1.29 is 24.2 Å². The Hall–Kier alpha value is -4.14. The quantitative estimate of drug-likeness (QED) is 0.459. The molecule has 0 aliphatic heterocycles. The van der Waals surface area contributed by atoms with Gasteiger partial charge in [-0.15, -0.1) is 0 Å². The number of hydrazone groups is 1. The summed E-state index contributed by atoms with van der Waals surface area (Å²) >= 11 is 0. The Balaban J connectivity index is 1.73. The van der Waals surface area contributed by atoms with Gasteiger partial charge in [0.25, 0.3) is 5.91 Å². The number of aromatic amines is 1. The Morgan fingerprint density at radius 2 is 1.86 bits per heavy atom. The fraction of sp³-hybridized carbons (Fsp3) is 0.100. The van der Waals surface area contributed by atoms with Crippen LogP contribution in [-0.2, 0) is 0 Å². The van der Waals surface area contributed by atoms with Crippen LogP contribution in [0.3, 0.4) is 0 Å². The summed E-state index contributed by atoms with van der Waals surface area (Å²) < 4.78 is 10.5. The Morgan fingerprint density at radius 3 is 2.59 bits per heavy atom. The van der Waals surface area contributed by atoms with Gasteiger partial charge in [-0.3, -0.25) is 9.89 Å². The number of carboxylic acid groups (broad SMARTS) is 1. The predicted octanol–water partition coefficient (Wildman–Crippen LogP) is 1.22. The van der Waals surface area contributed by atoms with E-state index in [0.717, 1.165) is 5.56 Å². The summed E-state index contributed by atoms with van der Waals surface area (Å²) in [6, 6.07) is 13.0. The van der Waals surface area contributed by atoms with Gasteiger partial charge in [0.1, 0.15) is 5.69 Å². The number of amides is 1. The van der Waals surface area contributed by atoms with Gasteiger partial charge in [0.05, 0.1) is 32.1 Å². The lowest BCUT2D eigenvalue weighted by Crippen LogP contribution is -2.24. The molecule has 0 bridgehead atoms. The summed E-state index contributed by atoms with van der Waals surface area (Å²) in [5, 5.41) is 21.6. The number of methoxy groups -OCH3 is 2. The van der Waals surface area contributed by atoms with Gasteiger partial charge in [0.2, 0.25) is 0 Å². The summed E-state index contributed by atoms with van der Waals surface area (Å²) in [5.74, 6) is -0.746. The van der Waals surface area contributed by atoms with Crippen LogP contribution in [0.4, 0.5) is 0 Å². The molecule has 0 fully saturated rings. The van der Waals surface area contributed by atoms with Crippen molar-refractivity contribution in [2.24, 2.45) is 5.10 Å². The van der Waals surface area contributed by atoms with Gasteiger partial charge in [0.15, 0.2) is 11.5 Å². The van der Waals surface area contributed by atoms with Crippen molar-refractivity contribution in [2.45, 2.75) is 0 Å². The third-order valence-corrected chi connectivity index (χ3v) is 4.05. The smallest absolute Gasteiger partial charge is 0.289 e. The molecule has 0 saturated carbocycles. The first kappa shape index (κ1) is 19.6. The standard InChI is InChI=1S/C20H18N4O5/c1-28-17-8-7-12(9-18(17)29-2)15-10-16(23-22-15)19(25)24-21-11-13-5-3-4-6-14(13)20(26)27/h3-11H,1-2H3,(H,22,23)(H,24,25)(H,26,27)/p-1/b21-11-. The van der Waals surface area contributed by atoms with Crippen LogP contribution < -0.4 is 20.0 Å². The van der Waals surface area contributed by atoms with Crippen molar-refractivity contribution in [3.8, 4) is 22.8 Å². The number of hydrogen-bond donors (Lipinski definition) is 2. The number of ether oxygens (including phenoxy) is 2. The van der Waals surface area contributed by atoms with E-state index in [4.69, 9.17) is 9.47 Å². The van der Waals surface area contributed by atoms with Crippen LogP contribution in [-0.4, -0.2) is 42.5 Å². The number of nitrogens with zero attached hydrogens (tertiary/aromatic N) is 2. The maximum atomic E-state index is 12.3. The normalized spacial score (nSPS) is 10.7. The van der Waals surface area contributed by atoms with Gasteiger partial charge in [0, 0.05) is 16.7 Å². The van der Waals surface area contributed by atoms with Crippen LogP contribution in [0.5, 0.6) is 11.5 Å². The molecule has 0 unspecified atom stereocenters. The minimum absolute atomic E-state index is 0.0252. The molecule has 0 aliphatic carbocycles. The van der Waals surface area contributed by atoms with Crippen LogP contribution in [0.1, 0.15) is 26.4 Å². The monoisotopic (exact) mass is 393 g/mol. The molecule has 3 aromatic rings. The van der Waals surface area contributed by atoms with Crippen LogP contribution in [0.2, 0.25) is 0 Å². The molecule has 1 heterocycles. The molecule has 3 rings (SSSR count). The molecule has 0 atom stereocenters. The van der Waals surface area contributed by atoms with Gasteiger partial charge < -0.3 is 19.4 Å². The number of rotatable bonds is 7. The Labute approximate surface area is 166 Å². The molecule has 9 nitrogen and oxygen atoms in total. The number of H-pyrrole nitrogens is 1. The first-order valence-corrected chi connectivity index (χ1v) is 8.45. The molecular weight excluding hydrogens is 376 g/mol. The minimum Gasteiger partial charge on any atom is -0.545 e. The summed E-state index contributed by atoms with van der Waals surface area (Å²) in [7, 11) is 3.07. The van der Waals surface area contributed by atoms with Gasteiger partial charge in [-0.1, -0.05) is 24.3 Å². The van der Waals surface area contributed by atoms with Gasteiger partial charge >= 0.3 is 0 Å². The van der Waals surface area contributed by atoms with Crippen LogP contribution in [0.15, 0.2) is 53.6 Å². The summed E-state index contributed by atoms with van der Waals surface area (Å²) in [4.78, 5) is 23.3. The number of aromatic nitrogens is 2. The maximum absolute atomic E-state index is 12.3. The van der Waals surface area contributed by atoms with E-state index in [1.807, 2.05) is 0 Å². The number of carbonyl (C=O) groups is 2. The van der Waals surface area contributed by atoms with Gasteiger partial charge in [-0.25, -0.2) is 5.43 Å². The van der Waals surface area contributed by atoms with Crippen molar-refractivity contribution in [3.63, 3.8) is 0 Å². The summed E-state index contributed by atoms with van der Waals surface area (Å²) in [6.07, 6.45) is 1.23. The third kappa shape index (κ3) is 4.41. The van der Waals surface area contributed by atoms with E-state index in [9.17, 15) is 14.7 Å². The lowest BCUT2D eigenvalue weighted by molar-refractivity contribution is -0.255. The molecule has 0 saturated heterocycles. The van der Waals surface area contributed by atoms with E-state index in [1.54, 1.807) is 49.6 Å². The van der Waals surface area contributed by atoms with E-state index in [2.05, 4.69) is 20.7 Å². The number of benzene rings is 2. The molecule has 29 heavy (non-hydrogen) atoms. The first-order valence-electron chi connectivity index (χ1n) is 8.45. The highest BCUT2D eigenvalue weighted by atomic mass is 16.5. The topological polar surface area (TPSA) is 129 Å². The fourth-order valence-corrected chi connectivity index (χ4v) is 2.60. The largest absolute Gasteiger partial charge is 0.545 e. The van der Waals surface area contributed by atoms with Crippen molar-refractivity contribution in [2.75, 3.05) is 14.2 Å². The molecule has 0 radical (unpaired) electrons. The Morgan fingerprint density at radius 1 is 1.10 bits per heavy atom. The minimum atomic E-state index is -1.33. The molecule has 1 amide bonds. The highest BCUT2D eigenvalue weighted by Crippen LogP contribution is 2.31. The highest BCUT2D eigenvalue weighted by molar-refractivity contribution is 5.98. The lowest BCUT2D eigenvalue weighted by atomic mass is 10.1. The SMILES string of the molecule is COc1ccc(-c2cc(C(=O)N/N=C\c3ccccc3C(=O)[O-])[nH]n2)cc1OC. The zero-order valence-corrected chi connectivity index (χ0v) is 15.6. The van der Waals surface area contributed by atoms with Crippen LogP contribution >= 0.6 is 0 Å². The predicted molar refractivity (Wildman–Crippen MR) is 103 cm³/mol. The zero-order valence-electron chi connectivity index (χ0n) is 15.6. The Kier molecular flexibility index (Phi) is 5.88. The van der Waals surface area contributed by atoms with Gasteiger partial charge in [-0.05, 0) is 24.3 Å². The molecule has 2 aromatic carbocycles. The van der Waals surface area contributed by atoms with E-state index >= 15 is 0 Å². The third-order valence-electron chi connectivity index (χ3n) is 4.05. The van der Waals surface area contributed by atoms with Gasteiger partial charge in [-0.2, -0.15) is 10.2 Å². The molecular formula is C20H17N4O5-. The van der Waals surface area contributed by atoms with Crippen LogP contribution in [0, 0.1) is 0 Å². The number of hydrogen-bond acceptors (Lipinski definition) is 7. The van der Waals surface area contributed by atoms with Crippen molar-refractivity contribution in [3.05, 3.63) is 65.4 Å². The van der Waals surface area contributed by atoms with E-state index in [-0.39, 0.29) is 11.3 Å². The molecule has 9 heteroatoms. The molecule has 0 aliphatic rings. The second-order valence-electron chi connectivity index (χ2n) is 5.81. The lowest BCUT2D eigenvalue weighted by Gasteiger charge is -2.08. The molecule has 2 N–H and O–H groups in total. The second-order valence-corrected chi connectivity index (χ2v) is 5.81. The van der Waals surface area contributed by atoms with Crippen LogP contribution in [0.25, 0.3) is 11.3 Å². The summed E-state index contributed by atoms with van der Waals surface area (Å²) in [6.45, 7) is 0. The summed E-state index contributed by atoms with van der Waals surface area (Å²) in [5.41, 5.74) is 4.04. The van der Waals surface area contributed by atoms with E-state index in [1.165, 1.54) is 19.4 Å². The van der Waals surface area contributed by atoms with Crippen molar-refractivity contribution >= 4 is 18.1 Å². The van der Waals surface area contributed by atoms with E-state index in [0.29, 0.717) is 22.8 Å². The molecule has 1 aromatic heterocycles. The maximum Gasteiger partial charge on any atom is 0.289 e. The Bertz CT molecular complexity index is 1070. The zero-order chi connectivity index (χ0) is 20.8. The number of aromatic carboxylic acids is 1. The highest BCUT2D eigenvalue weighted by Gasteiger charge is 2.12. The van der Waals surface area contributed by atoms with E-state index < -0.39 is 11.9 Å². The second kappa shape index (κ2) is 8.70.